The summed E-state index contributed by atoms with van der Waals surface area (Å²) in [5.41, 5.74) is 5.90. The number of halogens is 4. The van der Waals surface area contributed by atoms with E-state index in [1.807, 2.05) is 0 Å². The first kappa shape index (κ1) is 72.9. The molecular formula is C54H69F4N11O18S2. The van der Waals surface area contributed by atoms with E-state index in [0.29, 0.717) is 5.56 Å². The number of hydrogen-bond donors (Lipinski definition) is 14. The molecule has 3 heterocycles. The largest absolute Gasteiger partial charge is 0.481 e. The fraction of sp³-hybridized carbons (Fsp3) is 0.519. The molecule has 35 heteroatoms. The standard InChI is InChI=1S/C54H69F4N11O18S2/c1-23(2)17-29-49(82)66-31(19-38(77)78)54(87)69-16-8-11-34(69)52(85)63-28(13-15-37(75)76)48(81)68-43(24(3)70)53(86)60-20-35(72)62-27(12-14-36(73)74)47(80)65-30(18-26-9-6-5-7-10-26)50(83)67-32(46(59)79)21-88-44-39(55)41(57)45(42(58)40(44)56)89-22-33(51(84)64-29)61-25(4)71/h5-7,9-10,23-24,27-34,43,70H,8,11-22H2,1-4H3,(H2,59,79)(H,60,86)(H,61,71)(H,62,72)(H,63,85)(H,64,84)(H,65,80)(H,66,82)(H,67,83)(H,68,81)(H,73,74)(H,75,76)(H,77,78)/t24-,27+,28+,29+,30+,31+,32+,33+,34+,43+/m1/s1. The Kier molecular flexibility index (Phi) is 28.0. The molecule has 10 atom stereocenters. The van der Waals surface area contributed by atoms with E-state index in [1.165, 1.54) is 24.3 Å². The van der Waals surface area contributed by atoms with E-state index in [-0.39, 0.29) is 49.3 Å². The third-order valence-electron chi connectivity index (χ3n) is 13.5. The van der Waals surface area contributed by atoms with Gasteiger partial charge >= 0.3 is 17.9 Å². The van der Waals surface area contributed by atoms with Crippen LogP contribution in [0.5, 0.6) is 0 Å². The molecule has 89 heavy (non-hydrogen) atoms. The molecule has 1 saturated heterocycles. The minimum atomic E-state index is -2.03. The molecule has 0 spiro atoms. The van der Waals surface area contributed by atoms with Crippen molar-refractivity contribution in [2.24, 2.45) is 11.7 Å². The highest BCUT2D eigenvalue weighted by atomic mass is 32.2. The number of aliphatic carboxylic acids is 3. The SMILES string of the molecule is CC(=O)N[C@H]1CSc2c(F)c(F)c(c(F)c2F)SC[C@@H](C(N)=O)NC(=O)[C@H](Cc2ccccc2)NC(=O)[C@H](CCC(=O)O)NC(=O)CNC(=O)[C@H]([C@@H](C)O)NC(=O)[C@H](CCC(=O)O)NC(=O)[C@@H]2CCCN2C(=O)[C@H](CC(=O)O)NC(=O)[C@H](CC(C)C)NC1=O. The minimum absolute atomic E-state index is 0.00742. The van der Waals surface area contributed by atoms with E-state index in [9.17, 15) is 87.5 Å². The number of hydrogen-bond acceptors (Lipinski definition) is 17. The number of nitrogens with zero attached hydrogens (tertiary/aromatic N) is 1. The number of rotatable bonds is 15. The van der Waals surface area contributed by atoms with Crippen LogP contribution in [0.15, 0.2) is 40.1 Å². The van der Waals surface area contributed by atoms with Gasteiger partial charge in [-0.2, -0.15) is 0 Å². The van der Waals surface area contributed by atoms with Gasteiger partial charge in [-0.05, 0) is 50.5 Å². The molecule has 5 rings (SSSR count). The van der Waals surface area contributed by atoms with Crippen molar-refractivity contribution in [3.63, 3.8) is 0 Å². The molecule has 1 fully saturated rings. The Bertz CT molecular complexity index is 3000. The van der Waals surface area contributed by atoms with Crippen LogP contribution in [0.3, 0.4) is 0 Å². The first-order valence-corrected chi connectivity index (χ1v) is 29.5. The highest BCUT2D eigenvalue weighted by Crippen LogP contribution is 2.37. The van der Waals surface area contributed by atoms with E-state index in [1.54, 1.807) is 19.9 Å². The van der Waals surface area contributed by atoms with Crippen LogP contribution in [0.1, 0.15) is 84.6 Å². The quantitative estimate of drug-likeness (QED) is 0.0511. The van der Waals surface area contributed by atoms with Crippen molar-refractivity contribution in [2.75, 3.05) is 24.6 Å². The number of carbonyl (C=O) groups is 14. The lowest BCUT2D eigenvalue weighted by atomic mass is 10.0. The second-order valence-corrected chi connectivity index (χ2v) is 23.1. The van der Waals surface area contributed by atoms with Crippen molar-refractivity contribution in [3.8, 4) is 0 Å². The number of fused-ring (bicyclic) bond motifs is 30. The molecule has 2 aromatic rings. The Hall–Kier alpha value is -8.60. The van der Waals surface area contributed by atoms with Gasteiger partial charge in [0.05, 0.1) is 28.9 Å². The molecule has 2 aromatic carbocycles. The number of benzene rings is 2. The van der Waals surface area contributed by atoms with E-state index >= 15 is 17.6 Å². The molecule has 2 bridgehead atoms. The maximum atomic E-state index is 15.9. The van der Waals surface area contributed by atoms with Crippen molar-refractivity contribution in [1.82, 2.24) is 52.8 Å². The number of nitrogens with one attached hydrogen (secondary N) is 9. The second kappa shape index (κ2) is 34.2. The molecule has 488 valence electrons. The molecule has 11 amide bonds. The average Bonchev–Trinajstić information content (AvgIpc) is 2.89. The van der Waals surface area contributed by atoms with Crippen LogP contribution in [-0.2, 0) is 73.5 Å². The van der Waals surface area contributed by atoms with Crippen LogP contribution < -0.4 is 53.6 Å². The minimum Gasteiger partial charge on any atom is -0.481 e. The van der Waals surface area contributed by atoms with Gasteiger partial charge in [0.1, 0.15) is 54.4 Å². The van der Waals surface area contributed by atoms with Gasteiger partial charge in [-0.15, -0.1) is 23.5 Å². The Labute approximate surface area is 513 Å². The third kappa shape index (κ3) is 22.2. The maximum Gasteiger partial charge on any atom is 0.305 e. The predicted molar refractivity (Wildman–Crippen MR) is 303 cm³/mol. The van der Waals surface area contributed by atoms with Crippen LogP contribution in [-0.4, -0.2) is 193 Å². The summed E-state index contributed by atoms with van der Waals surface area (Å²) < 4.78 is 63.6. The van der Waals surface area contributed by atoms with Crippen molar-refractivity contribution in [1.29, 1.82) is 0 Å². The van der Waals surface area contributed by atoms with E-state index in [0.717, 1.165) is 18.7 Å². The molecular weight excluding hydrogens is 1230 g/mol. The summed E-state index contributed by atoms with van der Waals surface area (Å²) in [5.74, 6) is -28.3. The number of thioether (sulfide) groups is 2. The van der Waals surface area contributed by atoms with Gasteiger partial charge < -0.3 is 78.9 Å². The lowest BCUT2D eigenvalue weighted by Crippen LogP contribution is -2.61. The number of carboxylic acids is 3. The number of aliphatic hydroxyl groups excluding tert-OH is 1. The van der Waals surface area contributed by atoms with E-state index < -0.39 is 239 Å². The van der Waals surface area contributed by atoms with Gasteiger partial charge in [-0.1, -0.05) is 44.2 Å². The molecule has 3 aliphatic rings. The summed E-state index contributed by atoms with van der Waals surface area (Å²) >= 11 is -0.0424. The van der Waals surface area contributed by atoms with Crippen molar-refractivity contribution in [2.45, 2.75) is 156 Å². The predicted octanol–water partition coefficient (Wildman–Crippen LogP) is -2.19. The van der Waals surface area contributed by atoms with Crippen LogP contribution in [0.4, 0.5) is 17.6 Å². The first-order valence-electron chi connectivity index (χ1n) is 27.5. The van der Waals surface area contributed by atoms with Crippen LogP contribution >= 0.6 is 23.5 Å². The Morgan fingerprint density at radius 2 is 1.15 bits per heavy atom. The zero-order valence-corrected chi connectivity index (χ0v) is 49.9. The number of nitrogens with two attached hydrogens (primary N) is 1. The maximum absolute atomic E-state index is 15.9. The van der Waals surface area contributed by atoms with Gasteiger partial charge in [0, 0.05) is 44.2 Å². The van der Waals surface area contributed by atoms with E-state index in [4.69, 9.17) is 5.73 Å². The van der Waals surface area contributed by atoms with Gasteiger partial charge in [0.2, 0.25) is 65.0 Å². The topological polar surface area (TPSA) is 457 Å². The lowest BCUT2D eigenvalue weighted by molar-refractivity contribution is -0.146. The first-order chi connectivity index (χ1) is 41.8. The fourth-order valence-electron chi connectivity index (χ4n) is 9.05. The number of primary amides is 1. The zero-order chi connectivity index (χ0) is 66.6. The molecule has 0 radical (unpaired) electrons. The number of carbonyl (C=O) groups excluding carboxylic acids is 11. The van der Waals surface area contributed by atoms with Gasteiger partial charge in [-0.3, -0.25) is 67.1 Å². The van der Waals surface area contributed by atoms with Crippen molar-refractivity contribution >= 4 is 106 Å². The summed E-state index contributed by atoms with van der Waals surface area (Å²) in [6, 6.07) is -8.71. The summed E-state index contributed by atoms with van der Waals surface area (Å²) in [7, 11) is 0. The number of aliphatic hydroxyl groups is 1. The second-order valence-electron chi connectivity index (χ2n) is 21.0. The van der Waals surface area contributed by atoms with Gasteiger partial charge in [-0.25, -0.2) is 17.6 Å². The lowest BCUT2D eigenvalue weighted by Gasteiger charge is -2.31. The zero-order valence-electron chi connectivity index (χ0n) is 48.3. The monoisotopic (exact) mass is 1300 g/mol. The van der Waals surface area contributed by atoms with E-state index in [2.05, 4.69) is 47.9 Å². The fourth-order valence-corrected chi connectivity index (χ4v) is 11.1. The Balaban J connectivity index is 1.82. The van der Waals surface area contributed by atoms with Crippen molar-refractivity contribution in [3.05, 3.63) is 59.2 Å². The molecule has 15 N–H and O–H groups in total. The van der Waals surface area contributed by atoms with Gasteiger partial charge in [0.15, 0.2) is 23.3 Å². The van der Waals surface area contributed by atoms with Crippen LogP contribution in [0.25, 0.3) is 0 Å². The van der Waals surface area contributed by atoms with Crippen LogP contribution in [0, 0.1) is 29.2 Å². The normalized spacial score (nSPS) is 24.1. The third-order valence-corrected chi connectivity index (χ3v) is 15.8. The van der Waals surface area contributed by atoms with Crippen molar-refractivity contribution < 1.29 is 105 Å². The highest BCUT2D eigenvalue weighted by Gasteiger charge is 2.42. The number of amides is 11. The Morgan fingerprint density at radius 1 is 0.640 bits per heavy atom. The molecule has 29 nitrogen and oxygen atoms in total. The Morgan fingerprint density at radius 3 is 1.67 bits per heavy atom. The summed E-state index contributed by atoms with van der Waals surface area (Å²) in [6.45, 7) is 3.79. The average molecular weight is 1300 g/mol. The summed E-state index contributed by atoms with van der Waals surface area (Å²) in [5, 5.41) is 59.6. The summed E-state index contributed by atoms with van der Waals surface area (Å²) in [6.07, 6.45) is -6.60. The highest BCUT2D eigenvalue weighted by molar-refractivity contribution is 7.99. The molecule has 0 aliphatic carbocycles. The number of carboxylic acid groups (broad SMARTS) is 3. The summed E-state index contributed by atoms with van der Waals surface area (Å²) in [4.78, 5) is 184. The van der Waals surface area contributed by atoms with Gasteiger partial charge in [0.25, 0.3) is 0 Å². The molecule has 3 aliphatic heterocycles. The molecule has 0 aromatic heterocycles. The molecule has 0 saturated carbocycles. The van der Waals surface area contributed by atoms with Crippen LogP contribution in [0.2, 0.25) is 0 Å². The molecule has 0 unspecified atom stereocenters. The smallest absolute Gasteiger partial charge is 0.305 e.